The lowest BCUT2D eigenvalue weighted by Crippen LogP contribution is -2.30. The summed E-state index contributed by atoms with van der Waals surface area (Å²) in [7, 11) is 0. The monoisotopic (exact) mass is 318 g/mol. The zero-order valence-electron chi connectivity index (χ0n) is 10.2. The van der Waals surface area contributed by atoms with E-state index in [1.165, 1.54) is 4.88 Å². The van der Waals surface area contributed by atoms with Crippen molar-refractivity contribution < 1.29 is 13.2 Å². The molecule has 20 heavy (non-hydrogen) atoms. The molecule has 0 aliphatic carbocycles. The van der Waals surface area contributed by atoms with Gasteiger partial charge in [0.2, 0.25) is 0 Å². The number of pyridine rings is 1. The van der Waals surface area contributed by atoms with E-state index >= 15 is 0 Å². The topological polar surface area (TPSA) is 16.1 Å². The lowest BCUT2D eigenvalue weighted by atomic mass is 10.1. The molecule has 0 unspecified atom stereocenters. The van der Waals surface area contributed by atoms with E-state index in [1.807, 2.05) is 16.3 Å². The van der Waals surface area contributed by atoms with Gasteiger partial charge in [-0.25, -0.2) is 4.98 Å². The number of halogens is 4. The molecule has 0 N–H and O–H groups in total. The molecule has 7 heteroatoms. The molecule has 0 amide bonds. The van der Waals surface area contributed by atoms with Crippen LogP contribution in [0.5, 0.6) is 0 Å². The van der Waals surface area contributed by atoms with Crippen LogP contribution in [0.2, 0.25) is 5.15 Å². The van der Waals surface area contributed by atoms with Crippen LogP contribution in [0.3, 0.4) is 0 Å². The van der Waals surface area contributed by atoms with E-state index in [-0.39, 0.29) is 11.0 Å². The van der Waals surface area contributed by atoms with Gasteiger partial charge in [-0.2, -0.15) is 13.2 Å². The minimum atomic E-state index is -4.41. The number of aromatic nitrogens is 1. The first-order chi connectivity index (χ1) is 9.43. The lowest BCUT2D eigenvalue weighted by molar-refractivity contribution is -0.137. The molecule has 0 saturated heterocycles. The summed E-state index contributed by atoms with van der Waals surface area (Å²) in [6.45, 7) is 1.22. The molecule has 106 valence electrons. The Hall–Kier alpha value is -1.27. The number of anilines is 1. The molecular weight excluding hydrogens is 309 g/mol. The van der Waals surface area contributed by atoms with Crippen molar-refractivity contribution in [1.82, 2.24) is 4.98 Å². The van der Waals surface area contributed by atoms with Gasteiger partial charge in [-0.3, -0.25) is 0 Å². The molecule has 0 spiro atoms. The highest BCUT2D eigenvalue weighted by atomic mass is 35.5. The number of thiophene rings is 1. The predicted octanol–water partition coefficient (Wildman–Crippen LogP) is 4.38. The van der Waals surface area contributed by atoms with E-state index in [2.05, 4.69) is 4.98 Å². The Balaban J connectivity index is 1.93. The first-order valence-electron chi connectivity index (χ1n) is 5.98. The summed E-state index contributed by atoms with van der Waals surface area (Å²) in [6, 6.07) is 3.91. The van der Waals surface area contributed by atoms with E-state index in [1.54, 1.807) is 11.3 Å². The van der Waals surface area contributed by atoms with Crippen molar-refractivity contribution in [3.8, 4) is 0 Å². The molecule has 1 aliphatic heterocycles. The van der Waals surface area contributed by atoms with Gasteiger partial charge in [0, 0.05) is 18.0 Å². The fourth-order valence-electron chi connectivity index (χ4n) is 2.25. The molecule has 2 aromatic rings. The lowest BCUT2D eigenvalue weighted by Gasteiger charge is -2.28. The highest BCUT2D eigenvalue weighted by Crippen LogP contribution is 2.34. The molecule has 0 fully saturated rings. The molecule has 2 aromatic heterocycles. The van der Waals surface area contributed by atoms with Crippen LogP contribution in [0.15, 0.2) is 23.6 Å². The Bertz CT molecular complexity index is 639. The Morgan fingerprint density at radius 3 is 2.85 bits per heavy atom. The van der Waals surface area contributed by atoms with Crippen molar-refractivity contribution in [1.29, 1.82) is 0 Å². The molecule has 2 nitrogen and oxygen atoms in total. The summed E-state index contributed by atoms with van der Waals surface area (Å²) >= 11 is 7.40. The van der Waals surface area contributed by atoms with Gasteiger partial charge in [0.1, 0.15) is 11.0 Å². The van der Waals surface area contributed by atoms with Crippen LogP contribution in [0.4, 0.5) is 19.0 Å². The zero-order valence-corrected chi connectivity index (χ0v) is 11.8. The Labute approximate surface area is 122 Å². The summed E-state index contributed by atoms with van der Waals surface area (Å²) in [4.78, 5) is 7.14. The number of hydrogen-bond donors (Lipinski definition) is 0. The number of fused-ring (bicyclic) bond motifs is 1. The molecular formula is C13H10ClF3N2S. The maximum atomic E-state index is 12.8. The minimum absolute atomic E-state index is 0.133. The van der Waals surface area contributed by atoms with Crippen LogP contribution in [-0.2, 0) is 19.1 Å². The Kier molecular flexibility index (Phi) is 3.38. The van der Waals surface area contributed by atoms with Gasteiger partial charge in [0.15, 0.2) is 0 Å². The van der Waals surface area contributed by atoms with Crippen LogP contribution >= 0.6 is 22.9 Å². The molecule has 0 radical (unpaired) electrons. The number of alkyl halides is 3. The smallest absolute Gasteiger partial charge is 0.352 e. The van der Waals surface area contributed by atoms with Crippen LogP contribution in [0.1, 0.15) is 16.0 Å². The molecule has 0 saturated carbocycles. The SMILES string of the molecule is FC(F)(F)c1cc(Cl)nc(N2CCc3sccc3C2)c1. The quantitative estimate of drug-likeness (QED) is 0.725. The van der Waals surface area contributed by atoms with E-state index in [0.29, 0.717) is 13.1 Å². The summed E-state index contributed by atoms with van der Waals surface area (Å²) in [6.07, 6.45) is -3.59. The summed E-state index contributed by atoms with van der Waals surface area (Å²) in [5.41, 5.74) is 0.389. The van der Waals surface area contributed by atoms with Gasteiger partial charge in [-0.15, -0.1) is 11.3 Å². The maximum Gasteiger partial charge on any atom is 0.416 e. The fraction of sp³-hybridized carbons (Fsp3) is 0.308. The zero-order chi connectivity index (χ0) is 14.3. The second kappa shape index (κ2) is 4.93. The second-order valence-corrected chi connectivity index (χ2v) is 5.96. The van der Waals surface area contributed by atoms with E-state index in [9.17, 15) is 13.2 Å². The maximum absolute atomic E-state index is 12.8. The minimum Gasteiger partial charge on any atom is -0.352 e. The largest absolute Gasteiger partial charge is 0.416 e. The number of nitrogens with zero attached hydrogens (tertiary/aromatic N) is 2. The number of rotatable bonds is 1. The molecule has 1 aliphatic rings. The predicted molar refractivity (Wildman–Crippen MR) is 73.3 cm³/mol. The first-order valence-corrected chi connectivity index (χ1v) is 7.24. The fourth-order valence-corrected chi connectivity index (χ4v) is 3.35. The van der Waals surface area contributed by atoms with Crippen molar-refractivity contribution in [2.24, 2.45) is 0 Å². The highest BCUT2D eigenvalue weighted by molar-refractivity contribution is 7.10. The summed E-state index contributed by atoms with van der Waals surface area (Å²) in [5.74, 6) is 0.279. The Morgan fingerprint density at radius 1 is 1.30 bits per heavy atom. The van der Waals surface area contributed by atoms with Crippen molar-refractivity contribution in [2.45, 2.75) is 19.1 Å². The van der Waals surface area contributed by atoms with Gasteiger partial charge in [0.05, 0.1) is 5.56 Å². The molecule has 3 heterocycles. The van der Waals surface area contributed by atoms with Gasteiger partial charge >= 0.3 is 6.18 Å². The molecule has 0 bridgehead atoms. The van der Waals surface area contributed by atoms with Gasteiger partial charge in [-0.05, 0) is 35.6 Å². The van der Waals surface area contributed by atoms with E-state index in [4.69, 9.17) is 11.6 Å². The summed E-state index contributed by atoms with van der Waals surface area (Å²) in [5, 5.41) is 1.87. The third-order valence-corrected chi connectivity index (χ3v) is 4.46. The first kappa shape index (κ1) is 13.7. The average Bonchev–Trinajstić information content (AvgIpc) is 2.84. The van der Waals surface area contributed by atoms with Crippen LogP contribution < -0.4 is 4.90 Å². The van der Waals surface area contributed by atoms with Crippen molar-refractivity contribution in [2.75, 3.05) is 11.4 Å². The van der Waals surface area contributed by atoms with Crippen LogP contribution in [-0.4, -0.2) is 11.5 Å². The third kappa shape index (κ3) is 2.62. The van der Waals surface area contributed by atoms with Gasteiger partial charge in [0.25, 0.3) is 0 Å². The average molecular weight is 319 g/mol. The number of hydrogen-bond acceptors (Lipinski definition) is 3. The van der Waals surface area contributed by atoms with E-state index in [0.717, 1.165) is 24.1 Å². The van der Waals surface area contributed by atoms with Crippen molar-refractivity contribution in [3.05, 3.63) is 44.7 Å². The standard InChI is InChI=1S/C13H10ClF3N2S/c14-11-5-9(13(15,16)17)6-12(18-11)19-3-1-10-8(7-19)2-4-20-10/h2,4-6H,1,3,7H2. The van der Waals surface area contributed by atoms with Crippen LogP contribution in [0.25, 0.3) is 0 Å². The van der Waals surface area contributed by atoms with Gasteiger partial charge < -0.3 is 4.90 Å². The molecule has 0 atom stereocenters. The normalized spacial score (nSPS) is 15.3. The second-order valence-electron chi connectivity index (χ2n) is 4.58. The van der Waals surface area contributed by atoms with Crippen molar-refractivity contribution in [3.63, 3.8) is 0 Å². The Morgan fingerprint density at radius 2 is 2.10 bits per heavy atom. The van der Waals surface area contributed by atoms with Gasteiger partial charge in [-0.1, -0.05) is 11.6 Å². The van der Waals surface area contributed by atoms with Crippen molar-refractivity contribution >= 4 is 28.8 Å². The molecule has 3 rings (SSSR count). The third-order valence-electron chi connectivity index (χ3n) is 3.24. The van der Waals surface area contributed by atoms with E-state index < -0.39 is 11.7 Å². The van der Waals surface area contributed by atoms with Crippen LogP contribution in [0, 0.1) is 0 Å². The highest BCUT2D eigenvalue weighted by Gasteiger charge is 2.32. The molecule has 0 aromatic carbocycles. The summed E-state index contributed by atoms with van der Waals surface area (Å²) < 4.78 is 38.4.